The first kappa shape index (κ1) is 20.1. The number of pyridine rings is 1. The molecule has 0 saturated heterocycles. The second-order valence-corrected chi connectivity index (χ2v) is 6.73. The van der Waals surface area contributed by atoms with Crippen molar-refractivity contribution in [1.82, 2.24) is 10.3 Å². The van der Waals surface area contributed by atoms with Crippen molar-refractivity contribution < 1.29 is 14.3 Å². The number of anilines is 1. The maximum absolute atomic E-state index is 12.6. The molecule has 0 bridgehead atoms. The second-order valence-electron chi connectivity index (χ2n) is 6.73. The Hall–Kier alpha value is -3.67. The number of aromatic nitrogens is 1. The monoisotopic (exact) mass is 389 g/mol. The third kappa shape index (κ3) is 5.19. The van der Waals surface area contributed by atoms with Crippen LogP contribution in [-0.2, 0) is 6.54 Å². The van der Waals surface area contributed by atoms with Gasteiger partial charge in [0.15, 0.2) is 0 Å². The molecule has 6 heteroatoms. The number of carbonyl (C=O) groups excluding carboxylic acids is 2. The Morgan fingerprint density at radius 3 is 2.41 bits per heavy atom. The summed E-state index contributed by atoms with van der Waals surface area (Å²) in [6.07, 6.45) is 1.46. The van der Waals surface area contributed by atoms with Gasteiger partial charge in [-0.25, -0.2) is 0 Å². The minimum atomic E-state index is -0.345. The van der Waals surface area contributed by atoms with Gasteiger partial charge < -0.3 is 15.4 Å². The lowest BCUT2D eigenvalue weighted by atomic mass is 10.1. The van der Waals surface area contributed by atoms with E-state index < -0.39 is 0 Å². The fourth-order valence-electron chi connectivity index (χ4n) is 2.86. The van der Waals surface area contributed by atoms with E-state index in [1.165, 1.54) is 12.3 Å². The molecule has 0 aliphatic carbocycles. The van der Waals surface area contributed by atoms with Crippen LogP contribution in [0.4, 0.5) is 5.69 Å². The molecular formula is C23H23N3O3. The molecule has 0 aliphatic rings. The van der Waals surface area contributed by atoms with Gasteiger partial charge in [0.2, 0.25) is 0 Å². The van der Waals surface area contributed by atoms with Crippen LogP contribution < -0.4 is 15.4 Å². The van der Waals surface area contributed by atoms with Crippen LogP contribution >= 0.6 is 0 Å². The number of aryl methyl sites for hydroxylation is 2. The van der Waals surface area contributed by atoms with Gasteiger partial charge in [0.1, 0.15) is 11.4 Å². The Balaban J connectivity index is 1.65. The summed E-state index contributed by atoms with van der Waals surface area (Å²) >= 11 is 0. The van der Waals surface area contributed by atoms with Gasteiger partial charge in [0.25, 0.3) is 11.8 Å². The summed E-state index contributed by atoms with van der Waals surface area (Å²) in [7, 11) is 1.60. The standard InChI is InChI=1S/C23H23N3O3/c1-15-4-9-20(16(2)12-15)26-22(27)18-10-11-24-21(13-18)23(28)25-14-17-5-7-19(29-3)8-6-17/h4-13H,14H2,1-3H3,(H,25,28)(H,26,27). The number of hydrogen-bond donors (Lipinski definition) is 2. The van der Waals surface area contributed by atoms with Gasteiger partial charge >= 0.3 is 0 Å². The van der Waals surface area contributed by atoms with Gasteiger partial charge in [0.05, 0.1) is 7.11 Å². The first-order valence-corrected chi connectivity index (χ1v) is 9.22. The Labute approximate surface area is 169 Å². The number of nitrogens with one attached hydrogen (secondary N) is 2. The van der Waals surface area contributed by atoms with Gasteiger partial charge in [-0.15, -0.1) is 0 Å². The minimum absolute atomic E-state index is 0.187. The number of methoxy groups -OCH3 is 1. The molecule has 0 atom stereocenters. The summed E-state index contributed by atoms with van der Waals surface area (Å²) in [5.41, 5.74) is 4.33. The van der Waals surface area contributed by atoms with E-state index in [1.54, 1.807) is 13.2 Å². The third-order valence-corrected chi connectivity index (χ3v) is 4.50. The average Bonchev–Trinajstić information content (AvgIpc) is 2.74. The van der Waals surface area contributed by atoms with E-state index in [-0.39, 0.29) is 17.5 Å². The topological polar surface area (TPSA) is 80.3 Å². The van der Waals surface area contributed by atoms with Crippen LogP contribution in [0.25, 0.3) is 0 Å². The fourth-order valence-corrected chi connectivity index (χ4v) is 2.86. The highest BCUT2D eigenvalue weighted by atomic mass is 16.5. The Morgan fingerprint density at radius 1 is 0.966 bits per heavy atom. The lowest BCUT2D eigenvalue weighted by molar-refractivity contribution is 0.0946. The van der Waals surface area contributed by atoms with Gasteiger partial charge in [-0.3, -0.25) is 14.6 Å². The predicted molar refractivity (Wildman–Crippen MR) is 112 cm³/mol. The van der Waals surface area contributed by atoms with Gasteiger partial charge in [-0.1, -0.05) is 29.8 Å². The molecule has 0 saturated carbocycles. The molecule has 3 aromatic rings. The highest BCUT2D eigenvalue weighted by Crippen LogP contribution is 2.17. The largest absolute Gasteiger partial charge is 0.497 e. The molecule has 0 aliphatic heterocycles. The van der Waals surface area contributed by atoms with Crippen molar-refractivity contribution in [2.24, 2.45) is 0 Å². The first-order valence-electron chi connectivity index (χ1n) is 9.22. The maximum atomic E-state index is 12.6. The van der Waals surface area contributed by atoms with E-state index >= 15 is 0 Å². The van der Waals surface area contributed by atoms with Crippen molar-refractivity contribution in [2.75, 3.05) is 12.4 Å². The van der Waals surface area contributed by atoms with E-state index in [0.717, 1.165) is 28.1 Å². The molecule has 0 radical (unpaired) electrons. The summed E-state index contributed by atoms with van der Waals surface area (Å²) in [4.78, 5) is 29.1. The van der Waals surface area contributed by atoms with Gasteiger partial charge in [0, 0.05) is 24.0 Å². The summed E-state index contributed by atoms with van der Waals surface area (Å²) in [6.45, 7) is 4.29. The lowest BCUT2D eigenvalue weighted by Crippen LogP contribution is -2.24. The molecule has 2 N–H and O–H groups in total. The molecular weight excluding hydrogens is 366 g/mol. The van der Waals surface area contributed by atoms with Crippen molar-refractivity contribution in [3.63, 3.8) is 0 Å². The van der Waals surface area contributed by atoms with E-state index in [2.05, 4.69) is 15.6 Å². The van der Waals surface area contributed by atoms with Crippen molar-refractivity contribution in [3.8, 4) is 5.75 Å². The highest BCUT2D eigenvalue weighted by molar-refractivity contribution is 6.06. The number of amides is 2. The van der Waals surface area contributed by atoms with E-state index in [4.69, 9.17) is 4.74 Å². The maximum Gasteiger partial charge on any atom is 0.270 e. The third-order valence-electron chi connectivity index (χ3n) is 4.50. The van der Waals surface area contributed by atoms with Crippen LogP contribution in [0.2, 0.25) is 0 Å². The fraction of sp³-hybridized carbons (Fsp3) is 0.174. The minimum Gasteiger partial charge on any atom is -0.497 e. The zero-order valence-electron chi connectivity index (χ0n) is 16.7. The van der Waals surface area contributed by atoms with Crippen LogP contribution in [0.15, 0.2) is 60.8 Å². The zero-order valence-corrected chi connectivity index (χ0v) is 16.7. The Morgan fingerprint density at radius 2 is 1.72 bits per heavy atom. The van der Waals surface area contributed by atoms with Crippen molar-refractivity contribution in [3.05, 3.63) is 88.7 Å². The number of ether oxygens (including phenoxy) is 1. The van der Waals surface area contributed by atoms with Crippen molar-refractivity contribution in [1.29, 1.82) is 0 Å². The summed E-state index contributed by atoms with van der Waals surface area (Å²) in [5.74, 6) is 0.120. The number of carbonyl (C=O) groups is 2. The molecule has 1 heterocycles. The number of hydrogen-bond acceptors (Lipinski definition) is 4. The normalized spacial score (nSPS) is 10.3. The molecule has 2 aromatic carbocycles. The highest BCUT2D eigenvalue weighted by Gasteiger charge is 2.13. The zero-order chi connectivity index (χ0) is 20.8. The molecule has 0 fully saturated rings. The molecule has 1 aromatic heterocycles. The predicted octanol–water partition coefficient (Wildman–Crippen LogP) is 3.89. The van der Waals surface area contributed by atoms with Crippen LogP contribution in [0.1, 0.15) is 37.5 Å². The summed E-state index contributed by atoms with van der Waals surface area (Å²) in [6, 6.07) is 16.3. The average molecular weight is 389 g/mol. The number of benzene rings is 2. The van der Waals surface area contributed by atoms with Crippen LogP contribution in [0.5, 0.6) is 5.75 Å². The van der Waals surface area contributed by atoms with E-state index in [0.29, 0.717) is 12.1 Å². The molecule has 148 valence electrons. The molecule has 0 spiro atoms. The van der Waals surface area contributed by atoms with Crippen molar-refractivity contribution >= 4 is 17.5 Å². The molecule has 6 nitrogen and oxygen atoms in total. The quantitative estimate of drug-likeness (QED) is 0.670. The first-order chi connectivity index (χ1) is 14.0. The van der Waals surface area contributed by atoms with Crippen LogP contribution in [-0.4, -0.2) is 23.9 Å². The molecule has 0 unspecified atom stereocenters. The SMILES string of the molecule is COc1ccc(CNC(=O)c2cc(C(=O)Nc3ccc(C)cc3C)ccn2)cc1. The molecule has 3 rings (SSSR count). The van der Waals surface area contributed by atoms with Gasteiger partial charge in [-0.05, 0) is 55.3 Å². The van der Waals surface area contributed by atoms with Crippen LogP contribution in [0, 0.1) is 13.8 Å². The second kappa shape index (κ2) is 9.01. The van der Waals surface area contributed by atoms with E-state index in [9.17, 15) is 9.59 Å². The summed E-state index contributed by atoms with van der Waals surface area (Å²) < 4.78 is 5.12. The van der Waals surface area contributed by atoms with Gasteiger partial charge in [-0.2, -0.15) is 0 Å². The molecule has 29 heavy (non-hydrogen) atoms. The molecule has 2 amide bonds. The van der Waals surface area contributed by atoms with Crippen LogP contribution in [0.3, 0.4) is 0 Å². The van der Waals surface area contributed by atoms with Crippen molar-refractivity contribution in [2.45, 2.75) is 20.4 Å². The number of nitrogens with zero attached hydrogens (tertiary/aromatic N) is 1. The lowest BCUT2D eigenvalue weighted by Gasteiger charge is -2.10. The van der Waals surface area contributed by atoms with E-state index in [1.807, 2.05) is 56.3 Å². The summed E-state index contributed by atoms with van der Waals surface area (Å²) in [5, 5.41) is 5.69. The smallest absolute Gasteiger partial charge is 0.270 e. The Bertz CT molecular complexity index is 1030. The Kier molecular flexibility index (Phi) is 6.24. The number of rotatable bonds is 6.